The summed E-state index contributed by atoms with van der Waals surface area (Å²) in [5, 5.41) is 9.77. The van der Waals surface area contributed by atoms with Crippen LogP contribution < -0.4 is 5.31 Å². The third kappa shape index (κ3) is 0.987. The Kier molecular flexibility index (Phi) is 1.35. The first-order chi connectivity index (χ1) is 6.22. The van der Waals surface area contributed by atoms with Crippen molar-refractivity contribution >= 4 is 5.91 Å². The van der Waals surface area contributed by atoms with Crippen LogP contribution in [0.1, 0.15) is 21.5 Å². The van der Waals surface area contributed by atoms with Crippen LogP contribution in [0.5, 0.6) is 0 Å². The van der Waals surface area contributed by atoms with E-state index in [0.717, 1.165) is 10.9 Å². The molecule has 0 aromatic heterocycles. The Morgan fingerprint density at radius 3 is 3.25 bits per heavy atom. The van der Waals surface area contributed by atoms with Gasteiger partial charge in [-0.25, -0.2) is 0 Å². The molecule has 1 aromatic carbocycles. The molecule has 1 aliphatic rings. The fourth-order valence-electron chi connectivity index (χ4n) is 1.30. The summed E-state index contributed by atoms with van der Waals surface area (Å²) in [4.78, 5) is 11.3. The van der Waals surface area contributed by atoms with Gasteiger partial charge in [-0.05, 0) is 17.2 Å². The lowest BCUT2D eigenvalue weighted by molar-refractivity contribution is 0.0965. The van der Waals surface area contributed by atoms with E-state index in [4.69, 9.17) is 6.52 Å². The maximum atomic E-state index is 11.3. The zero-order chi connectivity index (χ0) is 9.42. The molecule has 1 heterocycles. The molecule has 1 amide bonds. The predicted molar refractivity (Wildman–Crippen MR) is 43.5 cm³/mol. The monoisotopic (exact) mass is 164 g/mol. The zero-order valence-electron chi connectivity index (χ0n) is 7.45. The fraction of sp³-hybridized carbons (Fsp3) is 0.222. The van der Waals surface area contributed by atoms with Crippen molar-refractivity contribution < 1.29 is 11.3 Å². The van der Waals surface area contributed by atoms with Crippen molar-refractivity contribution in [2.75, 3.05) is 0 Å². The van der Waals surface area contributed by atoms with Gasteiger partial charge in [-0.1, -0.05) is 12.1 Å². The second kappa shape index (κ2) is 2.60. The number of aliphatic hydroxyl groups is 1. The van der Waals surface area contributed by atoms with Crippen LogP contribution in [0.3, 0.4) is 0 Å². The molecule has 1 aliphatic heterocycles. The van der Waals surface area contributed by atoms with Gasteiger partial charge in [0.25, 0.3) is 5.91 Å². The van der Waals surface area contributed by atoms with Gasteiger partial charge in [0.2, 0.25) is 0 Å². The average molecular weight is 164 g/mol. The number of nitrogens with one attached hydrogen (secondary N) is 1. The number of hydrogen-bond acceptors (Lipinski definition) is 2. The van der Waals surface area contributed by atoms with E-state index >= 15 is 0 Å². The SMILES string of the molecule is [2H]N1Cc2ccc(CO)cc2C1=O. The molecule has 0 saturated heterocycles. The molecule has 12 heavy (non-hydrogen) atoms. The summed E-state index contributed by atoms with van der Waals surface area (Å²) in [5.41, 5.74) is 2.11. The van der Waals surface area contributed by atoms with Crippen LogP contribution in [-0.2, 0) is 13.2 Å². The maximum Gasteiger partial charge on any atom is 0.251 e. The van der Waals surface area contributed by atoms with Crippen molar-refractivity contribution in [3.8, 4) is 0 Å². The molecule has 3 heteroatoms. The van der Waals surface area contributed by atoms with Gasteiger partial charge in [0, 0.05) is 12.1 Å². The van der Waals surface area contributed by atoms with Crippen LogP contribution in [0.2, 0.25) is 1.41 Å². The van der Waals surface area contributed by atoms with E-state index in [1.165, 1.54) is 0 Å². The first-order valence-corrected chi connectivity index (χ1v) is 3.76. The highest BCUT2D eigenvalue weighted by Gasteiger charge is 2.17. The van der Waals surface area contributed by atoms with E-state index in [1.807, 2.05) is 0 Å². The van der Waals surface area contributed by atoms with Gasteiger partial charge in [0.15, 0.2) is 1.41 Å². The molecule has 62 valence electrons. The molecule has 0 unspecified atom stereocenters. The molecule has 0 bridgehead atoms. The topological polar surface area (TPSA) is 49.3 Å². The van der Waals surface area contributed by atoms with E-state index in [0.29, 0.717) is 17.7 Å². The smallest absolute Gasteiger partial charge is 0.251 e. The molecule has 0 radical (unpaired) electrons. The second-order valence-electron chi connectivity index (χ2n) is 2.77. The van der Waals surface area contributed by atoms with E-state index in [-0.39, 0.29) is 12.5 Å². The van der Waals surface area contributed by atoms with Gasteiger partial charge >= 0.3 is 0 Å². The van der Waals surface area contributed by atoms with Gasteiger partial charge in [-0.2, -0.15) is 0 Å². The first-order valence-electron chi connectivity index (χ1n) is 4.20. The zero-order valence-corrected chi connectivity index (χ0v) is 6.45. The fourth-order valence-corrected chi connectivity index (χ4v) is 1.30. The van der Waals surface area contributed by atoms with E-state index in [2.05, 4.69) is 0 Å². The van der Waals surface area contributed by atoms with Crippen molar-refractivity contribution in [2.45, 2.75) is 13.2 Å². The summed E-state index contributed by atoms with van der Waals surface area (Å²) in [6.07, 6.45) is 0. The summed E-state index contributed by atoms with van der Waals surface area (Å²) < 4.78 is 7.27. The third-order valence-corrected chi connectivity index (χ3v) is 1.98. The summed E-state index contributed by atoms with van der Waals surface area (Å²) >= 11 is 0. The number of carbonyl (C=O) groups is 1. The summed E-state index contributed by atoms with van der Waals surface area (Å²) in [7, 11) is 0. The largest absolute Gasteiger partial charge is 0.392 e. The van der Waals surface area contributed by atoms with Gasteiger partial charge in [-0.15, -0.1) is 0 Å². The Morgan fingerprint density at radius 1 is 1.67 bits per heavy atom. The first kappa shape index (κ1) is 6.20. The average Bonchev–Trinajstić information content (AvgIpc) is 2.43. The standard InChI is InChI=1S/C9H9NO2/c11-5-6-1-2-7-4-10-9(12)8(7)3-6/h1-3,11H,4-5H2,(H,10,12)/i/hD. The molecule has 0 spiro atoms. The van der Waals surface area contributed by atoms with E-state index < -0.39 is 0 Å². The van der Waals surface area contributed by atoms with Crippen molar-refractivity contribution in [1.82, 2.24) is 5.31 Å². The number of rotatable bonds is 1. The van der Waals surface area contributed by atoms with Crippen molar-refractivity contribution in [3.63, 3.8) is 0 Å². The number of hydrogen-bond donors (Lipinski definition) is 2. The molecule has 0 aliphatic carbocycles. The minimum Gasteiger partial charge on any atom is -0.392 e. The summed E-state index contributed by atoms with van der Waals surface area (Å²) in [5.74, 6) is -0.287. The van der Waals surface area contributed by atoms with Crippen LogP contribution in [0, 0.1) is 0 Å². The molecule has 0 saturated carbocycles. The van der Waals surface area contributed by atoms with E-state index in [1.54, 1.807) is 18.2 Å². The quantitative estimate of drug-likeness (QED) is 0.632. The second-order valence-corrected chi connectivity index (χ2v) is 2.77. The van der Waals surface area contributed by atoms with Gasteiger partial charge in [-0.3, -0.25) is 4.79 Å². The number of benzene rings is 1. The van der Waals surface area contributed by atoms with E-state index in [9.17, 15) is 4.79 Å². The minimum absolute atomic E-state index is 0.0709. The van der Waals surface area contributed by atoms with Gasteiger partial charge < -0.3 is 10.4 Å². The Morgan fingerprint density at radius 2 is 2.50 bits per heavy atom. The number of carbonyl (C=O) groups excluding carboxylic acids is 1. The molecule has 2 rings (SSSR count). The number of amides is 1. The highest BCUT2D eigenvalue weighted by atomic mass is 16.3. The highest BCUT2D eigenvalue weighted by Crippen LogP contribution is 2.16. The highest BCUT2D eigenvalue weighted by molar-refractivity contribution is 5.98. The normalized spacial score (nSPS) is 16.2. The van der Waals surface area contributed by atoms with Crippen molar-refractivity contribution in [2.24, 2.45) is 0 Å². The Labute approximate surface area is 71.5 Å². The van der Waals surface area contributed by atoms with Crippen LogP contribution in [0.25, 0.3) is 0 Å². The summed E-state index contributed by atoms with van der Waals surface area (Å²) in [6.45, 7) is 0.276. The van der Waals surface area contributed by atoms with Gasteiger partial charge in [0.05, 0.1) is 6.61 Å². The molecule has 0 fully saturated rings. The molecular formula is C9H9NO2. The van der Waals surface area contributed by atoms with Crippen LogP contribution in [-0.4, -0.2) is 11.0 Å². The predicted octanol–water partition coefficient (Wildman–Crippen LogP) is 0.422. The molecule has 3 nitrogen and oxygen atoms in total. The Bertz CT molecular complexity index is 365. The lowest BCUT2D eigenvalue weighted by Crippen LogP contribution is -2.12. The molecule has 2 N–H and O–H groups in total. The minimum atomic E-state index is -0.287. The van der Waals surface area contributed by atoms with Crippen LogP contribution in [0.15, 0.2) is 18.2 Å². The Hall–Kier alpha value is -1.35. The van der Waals surface area contributed by atoms with Crippen LogP contribution in [0.4, 0.5) is 0 Å². The summed E-state index contributed by atoms with van der Waals surface area (Å²) in [6, 6.07) is 5.20. The van der Waals surface area contributed by atoms with Gasteiger partial charge in [0.1, 0.15) is 0 Å². The third-order valence-electron chi connectivity index (χ3n) is 1.98. The Balaban J connectivity index is 2.48. The molecule has 1 aromatic rings. The van der Waals surface area contributed by atoms with Crippen LogP contribution >= 0.6 is 0 Å². The number of fused-ring (bicyclic) bond motifs is 1. The van der Waals surface area contributed by atoms with Crippen molar-refractivity contribution in [3.05, 3.63) is 34.9 Å². The molecular weight excluding hydrogens is 154 g/mol. The lowest BCUT2D eigenvalue weighted by Gasteiger charge is -1.98. The lowest BCUT2D eigenvalue weighted by atomic mass is 10.1. The van der Waals surface area contributed by atoms with Crippen molar-refractivity contribution in [1.29, 1.82) is 0 Å². The molecule has 0 atom stereocenters. The number of aliphatic hydroxyl groups excluding tert-OH is 1. The maximum absolute atomic E-state index is 11.3.